The van der Waals surface area contributed by atoms with E-state index in [4.69, 9.17) is 0 Å². The summed E-state index contributed by atoms with van der Waals surface area (Å²) in [6, 6.07) is 6.34. The van der Waals surface area contributed by atoms with Crippen molar-refractivity contribution in [2.45, 2.75) is 37.8 Å². The van der Waals surface area contributed by atoms with Crippen molar-refractivity contribution < 1.29 is 22.3 Å². The zero-order valence-corrected chi connectivity index (χ0v) is 13.4. The summed E-state index contributed by atoms with van der Waals surface area (Å²) in [5.74, 6) is 0.450. The molecule has 24 heavy (non-hydrogen) atoms. The van der Waals surface area contributed by atoms with Gasteiger partial charge >= 0.3 is 12.5 Å². The Kier molecular flexibility index (Phi) is 5.30. The van der Waals surface area contributed by atoms with Crippen LogP contribution in [0.5, 0.6) is 5.75 Å². The van der Waals surface area contributed by atoms with E-state index in [1.54, 1.807) is 6.07 Å². The molecule has 0 amide bonds. The molecule has 1 atom stereocenters. The molecule has 1 aromatic rings. The zero-order chi connectivity index (χ0) is 17.2. The fourth-order valence-electron chi connectivity index (χ4n) is 3.15. The molecule has 1 saturated carbocycles. The molecule has 2 fully saturated rings. The van der Waals surface area contributed by atoms with Crippen molar-refractivity contribution in [1.29, 1.82) is 0 Å². The first-order valence-corrected chi connectivity index (χ1v) is 8.35. The number of ether oxygens (including phenoxy) is 1. The van der Waals surface area contributed by atoms with Crippen LogP contribution >= 0.6 is 0 Å². The summed E-state index contributed by atoms with van der Waals surface area (Å²) in [6.07, 6.45) is -4.96. The Hall–Kier alpha value is -1.34. The Morgan fingerprint density at radius 3 is 2.54 bits per heavy atom. The van der Waals surface area contributed by atoms with Crippen LogP contribution in [0.4, 0.5) is 17.6 Å². The Morgan fingerprint density at radius 2 is 1.92 bits per heavy atom. The minimum absolute atomic E-state index is 0.114. The molecule has 1 heterocycles. The number of rotatable bonds is 7. The Balaban J connectivity index is 1.78. The standard InChI is InChI=1S/C17H22F4N2O/c18-16(19)17(20,21)24-14-3-1-2-13(11-14)15(10-12-4-5-12)23-8-6-22-7-9-23/h1-3,11-12,15-16,22H,4-10H2/t15-/m1/s1. The molecule has 1 saturated heterocycles. The SMILES string of the molecule is FC(F)C(F)(F)Oc1cccc([C@@H](CC2CC2)N2CCNCC2)c1. The van der Waals surface area contributed by atoms with Crippen LogP contribution in [0.1, 0.15) is 30.9 Å². The van der Waals surface area contributed by atoms with Gasteiger partial charge in [-0.15, -0.1) is 0 Å². The molecule has 7 heteroatoms. The maximum Gasteiger partial charge on any atom is 0.461 e. The molecule has 134 valence electrons. The Labute approximate surface area is 139 Å². The average Bonchev–Trinajstić information content (AvgIpc) is 3.37. The smallest absolute Gasteiger partial charge is 0.428 e. The summed E-state index contributed by atoms with van der Waals surface area (Å²) < 4.78 is 55.2. The lowest BCUT2D eigenvalue weighted by molar-refractivity contribution is -0.253. The van der Waals surface area contributed by atoms with Crippen LogP contribution < -0.4 is 10.1 Å². The third kappa shape index (κ3) is 4.39. The van der Waals surface area contributed by atoms with Gasteiger partial charge in [0, 0.05) is 32.2 Å². The van der Waals surface area contributed by atoms with Crippen molar-refractivity contribution in [3.63, 3.8) is 0 Å². The third-order valence-corrected chi connectivity index (χ3v) is 4.60. The van der Waals surface area contributed by atoms with Crippen LogP contribution in [-0.2, 0) is 0 Å². The van der Waals surface area contributed by atoms with E-state index in [1.165, 1.54) is 25.0 Å². The van der Waals surface area contributed by atoms with E-state index >= 15 is 0 Å². The number of halogens is 4. The topological polar surface area (TPSA) is 24.5 Å². The number of hydrogen-bond acceptors (Lipinski definition) is 3. The summed E-state index contributed by atoms with van der Waals surface area (Å²) in [4.78, 5) is 2.33. The second-order valence-corrected chi connectivity index (χ2v) is 6.52. The first-order chi connectivity index (χ1) is 11.5. The predicted octanol–water partition coefficient (Wildman–Crippen LogP) is 3.67. The largest absolute Gasteiger partial charge is 0.461 e. The van der Waals surface area contributed by atoms with E-state index < -0.39 is 12.5 Å². The monoisotopic (exact) mass is 346 g/mol. The molecule has 3 nitrogen and oxygen atoms in total. The molecule has 0 radical (unpaired) electrons. The van der Waals surface area contributed by atoms with Gasteiger partial charge in [0.05, 0.1) is 0 Å². The fourth-order valence-corrected chi connectivity index (χ4v) is 3.15. The van der Waals surface area contributed by atoms with Crippen molar-refractivity contribution in [3.05, 3.63) is 29.8 Å². The van der Waals surface area contributed by atoms with Gasteiger partial charge in [-0.1, -0.05) is 25.0 Å². The number of nitrogens with one attached hydrogen (secondary N) is 1. The molecular weight excluding hydrogens is 324 g/mol. The number of alkyl halides is 4. The first kappa shape index (κ1) is 17.5. The number of hydrogen-bond donors (Lipinski definition) is 1. The Morgan fingerprint density at radius 1 is 1.21 bits per heavy atom. The van der Waals surface area contributed by atoms with Gasteiger partial charge in [0.2, 0.25) is 0 Å². The third-order valence-electron chi connectivity index (χ3n) is 4.60. The maximum atomic E-state index is 13.1. The molecule has 1 aromatic carbocycles. The lowest BCUT2D eigenvalue weighted by atomic mass is 9.98. The Bertz CT molecular complexity index is 545. The highest BCUT2D eigenvalue weighted by atomic mass is 19.3. The van der Waals surface area contributed by atoms with Gasteiger partial charge in [-0.25, -0.2) is 0 Å². The minimum atomic E-state index is -4.47. The first-order valence-electron chi connectivity index (χ1n) is 8.35. The van der Waals surface area contributed by atoms with Crippen LogP contribution in [0, 0.1) is 5.92 Å². The van der Waals surface area contributed by atoms with Crippen LogP contribution in [0.3, 0.4) is 0 Å². The molecular formula is C17H22F4N2O. The van der Waals surface area contributed by atoms with Gasteiger partial charge in [0.1, 0.15) is 5.75 Å². The highest BCUT2D eigenvalue weighted by molar-refractivity contribution is 5.31. The van der Waals surface area contributed by atoms with Crippen molar-refractivity contribution in [3.8, 4) is 5.75 Å². The van der Waals surface area contributed by atoms with Crippen LogP contribution in [0.25, 0.3) is 0 Å². The van der Waals surface area contributed by atoms with Crippen LogP contribution in [-0.4, -0.2) is 43.6 Å². The molecule has 1 N–H and O–H groups in total. The van der Waals surface area contributed by atoms with Crippen molar-refractivity contribution in [2.75, 3.05) is 26.2 Å². The van der Waals surface area contributed by atoms with Gasteiger partial charge in [-0.05, 0) is 30.0 Å². The predicted molar refractivity (Wildman–Crippen MR) is 82.5 cm³/mol. The molecule has 0 bridgehead atoms. The summed E-state index contributed by atoms with van der Waals surface area (Å²) in [7, 11) is 0. The van der Waals surface area contributed by atoms with E-state index in [1.807, 2.05) is 6.07 Å². The average molecular weight is 346 g/mol. The molecule has 0 unspecified atom stereocenters. The maximum absolute atomic E-state index is 13.1. The number of benzene rings is 1. The van der Waals surface area contributed by atoms with Gasteiger partial charge in [-0.3, -0.25) is 4.90 Å². The normalized spacial score (nSPS) is 21.0. The molecule has 1 aliphatic heterocycles. The lowest BCUT2D eigenvalue weighted by Gasteiger charge is -2.35. The van der Waals surface area contributed by atoms with Gasteiger partial charge < -0.3 is 10.1 Å². The van der Waals surface area contributed by atoms with E-state index in [0.29, 0.717) is 5.92 Å². The molecule has 0 spiro atoms. The van der Waals surface area contributed by atoms with Crippen molar-refractivity contribution in [2.24, 2.45) is 5.92 Å². The molecule has 1 aliphatic carbocycles. The number of nitrogens with zero attached hydrogens (tertiary/aromatic N) is 1. The van der Waals surface area contributed by atoms with E-state index in [9.17, 15) is 17.6 Å². The van der Waals surface area contributed by atoms with E-state index in [0.717, 1.165) is 38.2 Å². The number of piperazine rings is 1. The van der Waals surface area contributed by atoms with Gasteiger partial charge in [0.15, 0.2) is 0 Å². The van der Waals surface area contributed by atoms with Gasteiger partial charge in [0.25, 0.3) is 0 Å². The fraction of sp³-hybridized carbons (Fsp3) is 0.647. The van der Waals surface area contributed by atoms with Crippen LogP contribution in [0.2, 0.25) is 0 Å². The lowest BCUT2D eigenvalue weighted by Crippen LogP contribution is -2.45. The summed E-state index contributed by atoms with van der Waals surface area (Å²) in [5.41, 5.74) is 0.853. The zero-order valence-electron chi connectivity index (χ0n) is 13.4. The van der Waals surface area contributed by atoms with E-state index in [-0.39, 0.29) is 11.8 Å². The van der Waals surface area contributed by atoms with Crippen LogP contribution in [0.15, 0.2) is 24.3 Å². The second kappa shape index (κ2) is 7.27. The molecule has 2 aliphatic rings. The van der Waals surface area contributed by atoms with E-state index in [2.05, 4.69) is 15.0 Å². The van der Waals surface area contributed by atoms with Gasteiger partial charge in [-0.2, -0.15) is 17.6 Å². The van der Waals surface area contributed by atoms with Crippen molar-refractivity contribution in [1.82, 2.24) is 10.2 Å². The minimum Gasteiger partial charge on any atom is -0.428 e. The highest BCUT2D eigenvalue weighted by Crippen LogP contribution is 2.41. The summed E-state index contributed by atoms with van der Waals surface area (Å²) in [5, 5.41) is 3.30. The molecule has 0 aromatic heterocycles. The van der Waals surface area contributed by atoms with Crippen molar-refractivity contribution >= 4 is 0 Å². The highest BCUT2D eigenvalue weighted by Gasteiger charge is 2.44. The summed E-state index contributed by atoms with van der Waals surface area (Å²) in [6.45, 7) is 3.55. The molecule has 3 rings (SSSR count). The second-order valence-electron chi connectivity index (χ2n) is 6.52. The summed E-state index contributed by atoms with van der Waals surface area (Å²) >= 11 is 0. The quantitative estimate of drug-likeness (QED) is 0.763.